The molecule has 3 heterocycles. The number of anilines is 1. The molecule has 2 unspecified atom stereocenters. The van der Waals surface area contributed by atoms with Crippen molar-refractivity contribution >= 4 is 5.82 Å². The van der Waals surface area contributed by atoms with Gasteiger partial charge in [0.05, 0.1) is 11.3 Å². The van der Waals surface area contributed by atoms with Crippen molar-refractivity contribution in [2.24, 2.45) is 11.8 Å². The van der Waals surface area contributed by atoms with Gasteiger partial charge in [-0.1, -0.05) is 0 Å². The minimum Gasteiger partial charge on any atom is -0.396 e. The highest BCUT2D eigenvalue weighted by molar-refractivity contribution is 5.63. The van der Waals surface area contributed by atoms with Crippen LogP contribution in [-0.2, 0) is 6.18 Å². The Kier molecular flexibility index (Phi) is 5.05. The van der Waals surface area contributed by atoms with Gasteiger partial charge in [-0.3, -0.25) is 9.58 Å². The third-order valence-electron chi connectivity index (χ3n) is 7.78. The Bertz CT molecular complexity index is 1010. The number of pyridine rings is 1. The van der Waals surface area contributed by atoms with E-state index in [1.54, 1.807) is 0 Å². The van der Waals surface area contributed by atoms with E-state index in [0.717, 1.165) is 44.1 Å². The summed E-state index contributed by atoms with van der Waals surface area (Å²) in [5.41, 5.74) is 6.81. The third kappa shape index (κ3) is 3.41. The molecule has 3 fully saturated rings. The van der Waals surface area contributed by atoms with Gasteiger partial charge in [-0.15, -0.1) is 0 Å². The van der Waals surface area contributed by atoms with Crippen LogP contribution >= 0.6 is 0 Å². The molecule has 32 heavy (non-hydrogen) atoms. The molecule has 1 aliphatic heterocycles. The fraction of sp³-hybridized carbons (Fsp3) is 0.652. The zero-order valence-electron chi connectivity index (χ0n) is 18.4. The summed E-state index contributed by atoms with van der Waals surface area (Å²) in [4.78, 5) is 6.32. The first kappa shape index (κ1) is 21.7. The van der Waals surface area contributed by atoms with Crippen LogP contribution in [0.25, 0.3) is 11.3 Å². The zero-order chi connectivity index (χ0) is 22.8. The van der Waals surface area contributed by atoms with Gasteiger partial charge in [-0.2, -0.15) is 18.3 Å². The number of likely N-dealkylation sites (tertiary alicyclic amines) is 1. The normalized spacial score (nSPS) is 29.5. The lowest BCUT2D eigenvalue weighted by Gasteiger charge is -2.52. The summed E-state index contributed by atoms with van der Waals surface area (Å²) in [6, 6.07) is 3.12. The Morgan fingerprint density at radius 1 is 1.25 bits per heavy atom. The molecule has 1 spiro atoms. The van der Waals surface area contributed by atoms with Crippen molar-refractivity contribution in [1.29, 1.82) is 0 Å². The van der Waals surface area contributed by atoms with Gasteiger partial charge in [0.1, 0.15) is 5.82 Å². The monoisotopic (exact) mass is 449 g/mol. The van der Waals surface area contributed by atoms with E-state index < -0.39 is 17.6 Å². The van der Waals surface area contributed by atoms with Gasteiger partial charge in [0, 0.05) is 54.6 Å². The molecule has 2 aliphatic carbocycles. The second kappa shape index (κ2) is 7.45. The molecule has 0 bridgehead atoms. The number of nitrogens with two attached hydrogens (primary N) is 1. The minimum absolute atomic E-state index is 0.114. The van der Waals surface area contributed by atoms with Crippen LogP contribution in [0.2, 0.25) is 0 Å². The van der Waals surface area contributed by atoms with E-state index in [0.29, 0.717) is 34.6 Å². The van der Waals surface area contributed by atoms with Gasteiger partial charge >= 0.3 is 6.18 Å². The average Bonchev–Trinajstić information content (AvgIpc) is 3.08. The van der Waals surface area contributed by atoms with Gasteiger partial charge in [0.25, 0.3) is 0 Å². The number of aliphatic hydroxyl groups is 1. The zero-order valence-corrected chi connectivity index (χ0v) is 18.4. The lowest BCUT2D eigenvalue weighted by molar-refractivity contribution is -0.137. The smallest absolute Gasteiger partial charge is 0.396 e. The summed E-state index contributed by atoms with van der Waals surface area (Å²) in [7, 11) is 0. The van der Waals surface area contributed by atoms with E-state index in [1.165, 1.54) is 12.6 Å². The number of aliphatic hydroxyl groups excluding tert-OH is 1. The highest BCUT2D eigenvalue weighted by Gasteiger charge is 2.65. The Morgan fingerprint density at radius 3 is 2.53 bits per heavy atom. The van der Waals surface area contributed by atoms with E-state index in [1.807, 2.05) is 24.6 Å². The summed E-state index contributed by atoms with van der Waals surface area (Å²) in [5, 5.41) is 13.8. The van der Waals surface area contributed by atoms with E-state index >= 15 is 0 Å². The number of nitrogens with zero attached hydrogens (tertiary/aromatic N) is 4. The van der Waals surface area contributed by atoms with Crippen molar-refractivity contribution in [2.75, 3.05) is 25.4 Å². The SMILES string of the molecule is CC(C)n1nc(-c2cnc(N)c(C(F)(F)F)c2)cc1C1[C@H]2CC3(CCN3CCCO)C[C@@H]12. The van der Waals surface area contributed by atoms with E-state index in [4.69, 9.17) is 10.8 Å². The van der Waals surface area contributed by atoms with Crippen LogP contribution in [0.5, 0.6) is 0 Å². The molecule has 174 valence electrons. The summed E-state index contributed by atoms with van der Waals surface area (Å²) < 4.78 is 41.9. The molecule has 0 aromatic carbocycles. The molecule has 9 heteroatoms. The van der Waals surface area contributed by atoms with E-state index in [9.17, 15) is 13.2 Å². The molecule has 1 saturated heterocycles. The van der Waals surface area contributed by atoms with Crippen LogP contribution in [0.1, 0.15) is 62.7 Å². The maximum absolute atomic E-state index is 13.3. The standard InChI is InChI=1S/C23H30F3N5O/c1-13(2)31-19(9-18(29-31)14-8-17(23(24,25)26)21(27)28-12-14)20-15-10-22(11-16(15)20)4-6-30(22)5-3-7-32/h8-9,12-13,15-16,20,32H,3-7,10-11H2,1-2H3,(H2,27,28)/t15-,16+,20?,22?. The first-order chi connectivity index (χ1) is 15.1. The number of aromatic nitrogens is 3. The van der Waals surface area contributed by atoms with Crippen LogP contribution in [0.4, 0.5) is 19.0 Å². The van der Waals surface area contributed by atoms with Crippen molar-refractivity contribution in [3.63, 3.8) is 0 Å². The second-order valence-corrected chi connectivity index (χ2v) is 9.95. The molecule has 3 N–H and O–H groups in total. The Morgan fingerprint density at radius 2 is 1.97 bits per heavy atom. The van der Waals surface area contributed by atoms with Gasteiger partial charge in [-0.05, 0) is 63.5 Å². The maximum Gasteiger partial charge on any atom is 0.419 e. The first-order valence-electron chi connectivity index (χ1n) is 11.4. The first-order valence-corrected chi connectivity index (χ1v) is 11.4. The van der Waals surface area contributed by atoms with Gasteiger partial charge in [0.2, 0.25) is 0 Å². The molecular formula is C23H30F3N5O. The van der Waals surface area contributed by atoms with Crippen LogP contribution < -0.4 is 5.73 Å². The fourth-order valence-electron chi connectivity index (χ4n) is 6.12. The van der Waals surface area contributed by atoms with Crippen molar-refractivity contribution in [2.45, 2.75) is 63.2 Å². The number of nitrogen functional groups attached to an aromatic ring is 1. The number of rotatable bonds is 6. The largest absolute Gasteiger partial charge is 0.419 e. The third-order valence-corrected chi connectivity index (χ3v) is 7.78. The summed E-state index contributed by atoms with van der Waals surface area (Å²) in [6.07, 6.45) is 1.19. The van der Waals surface area contributed by atoms with Gasteiger partial charge < -0.3 is 10.8 Å². The van der Waals surface area contributed by atoms with Crippen molar-refractivity contribution in [3.8, 4) is 11.3 Å². The highest BCUT2D eigenvalue weighted by atomic mass is 19.4. The number of hydrogen-bond donors (Lipinski definition) is 2. The van der Waals surface area contributed by atoms with Crippen LogP contribution in [-0.4, -0.2) is 50.0 Å². The number of fused-ring (bicyclic) bond motifs is 1. The van der Waals surface area contributed by atoms with Gasteiger partial charge in [0.15, 0.2) is 0 Å². The molecule has 5 rings (SSSR count). The van der Waals surface area contributed by atoms with Crippen molar-refractivity contribution < 1.29 is 18.3 Å². The van der Waals surface area contributed by atoms with Gasteiger partial charge in [-0.25, -0.2) is 4.98 Å². The molecule has 2 aromatic heterocycles. The lowest BCUT2D eigenvalue weighted by atomic mass is 9.78. The molecule has 0 amide bonds. The molecule has 0 radical (unpaired) electrons. The predicted octanol–water partition coefficient (Wildman–Crippen LogP) is 4.08. The number of hydrogen-bond acceptors (Lipinski definition) is 5. The molecule has 2 aromatic rings. The highest BCUT2D eigenvalue weighted by Crippen LogP contribution is 2.69. The minimum atomic E-state index is -4.55. The summed E-state index contributed by atoms with van der Waals surface area (Å²) in [6.45, 7) is 6.40. The summed E-state index contributed by atoms with van der Waals surface area (Å²) >= 11 is 0. The molecule has 2 saturated carbocycles. The molecule has 4 atom stereocenters. The second-order valence-electron chi connectivity index (χ2n) is 9.95. The number of halogens is 3. The molecule has 6 nitrogen and oxygen atoms in total. The quantitative estimate of drug-likeness (QED) is 0.695. The van der Waals surface area contributed by atoms with Crippen LogP contribution in [0, 0.1) is 11.8 Å². The van der Waals surface area contributed by atoms with Crippen LogP contribution in [0.3, 0.4) is 0 Å². The van der Waals surface area contributed by atoms with Crippen LogP contribution in [0.15, 0.2) is 18.3 Å². The van der Waals surface area contributed by atoms with E-state index in [-0.39, 0.29) is 12.6 Å². The topological polar surface area (TPSA) is 80.2 Å². The Balaban J connectivity index is 1.39. The molecule has 3 aliphatic rings. The maximum atomic E-state index is 13.3. The fourth-order valence-corrected chi connectivity index (χ4v) is 6.12. The predicted molar refractivity (Wildman–Crippen MR) is 115 cm³/mol. The average molecular weight is 450 g/mol. The Hall–Kier alpha value is -2.13. The number of alkyl halides is 3. The Labute approximate surface area is 185 Å². The lowest BCUT2D eigenvalue weighted by Crippen LogP contribution is -2.59. The van der Waals surface area contributed by atoms with E-state index in [2.05, 4.69) is 15.0 Å². The molecular weight excluding hydrogens is 419 g/mol. The summed E-state index contributed by atoms with van der Waals surface area (Å²) in [5.74, 6) is 1.10. The van der Waals surface area contributed by atoms with Crippen molar-refractivity contribution in [1.82, 2.24) is 19.7 Å². The van der Waals surface area contributed by atoms with Crippen molar-refractivity contribution in [3.05, 3.63) is 29.6 Å².